The Morgan fingerprint density at radius 2 is 1.00 bits per heavy atom. The van der Waals surface area contributed by atoms with Crippen LogP contribution in [0.3, 0.4) is 0 Å². The fourth-order valence-corrected chi connectivity index (χ4v) is 0.641. The normalized spacial score (nSPS) is 9.12. The first-order valence-electron chi connectivity index (χ1n) is 1.98. The molecule has 0 rings (SSSR count). The van der Waals surface area contributed by atoms with Crippen molar-refractivity contribution in [2.45, 2.75) is 0 Å². The third-order valence-corrected chi connectivity index (χ3v) is 1.04. The van der Waals surface area contributed by atoms with E-state index in [9.17, 15) is 21.6 Å². The van der Waals surface area contributed by atoms with Crippen molar-refractivity contribution in [2.75, 3.05) is 0 Å². The zero-order chi connectivity index (χ0) is 9.99. The van der Waals surface area contributed by atoms with Crippen molar-refractivity contribution in [3.63, 3.8) is 0 Å². The van der Waals surface area contributed by atoms with Gasteiger partial charge in [0.2, 0.25) is 0 Å². The molecule has 0 aromatic carbocycles. The monoisotopic (exact) mass is 342 g/mol. The van der Waals surface area contributed by atoms with Crippen LogP contribution in [0.1, 0.15) is 0 Å². The number of hydrogen-bond acceptors (Lipinski definition) is 7. The summed E-state index contributed by atoms with van der Waals surface area (Å²) in [6.45, 7) is 0. The van der Waals surface area contributed by atoms with E-state index in [1.54, 1.807) is 0 Å². The van der Waals surface area contributed by atoms with Gasteiger partial charge in [-0.25, -0.2) is 4.79 Å². The quantitative estimate of drug-likeness (QED) is 0.364. The third kappa shape index (κ3) is 24.7. The van der Waals surface area contributed by atoms with Crippen molar-refractivity contribution in [3.8, 4) is 0 Å². The first-order chi connectivity index (χ1) is 5.10. The molecule has 0 aromatic heterocycles. The predicted molar refractivity (Wildman–Crippen MR) is 55.0 cm³/mol. The molecule has 0 radical (unpaired) electrons. The number of hydrogen-bond donors (Lipinski definition) is 2. The first kappa shape index (κ1) is 30.5. The second kappa shape index (κ2) is 11.6. The molecular formula is CH10Ca2O11S2. The minimum absolute atomic E-state index is 0. The molecule has 15 heteroatoms. The molecule has 0 fully saturated rings. The molecule has 11 nitrogen and oxygen atoms in total. The summed E-state index contributed by atoms with van der Waals surface area (Å²) in [5.74, 6) is 0. The molecule has 0 unspecified atom stereocenters. The Balaban J connectivity index is -0.000000101. The van der Waals surface area contributed by atoms with E-state index in [2.05, 4.69) is 8.37 Å². The van der Waals surface area contributed by atoms with Crippen LogP contribution in [0.2, 0.25) is 0 Å². The molecule has 0 saturated carbocycles. The number of carbonyl (C=O) groups is 1. The predicted octanol–water partition coefficient (Wildman–Crippen LogP) is -4.74. The standard InChI is InChI=1S/CH2O9S2.2Ca.2H2O.4H/c2-1(9-11(3,4)5)10-12(6,7)8;;;;;;;;/h(H,3,4,5)(H,6,7,8);;;2*1H2;;;;. The molecule has 6 N–H and O–H groups in total. The molecule has 0 heterocycles. The summed E-state index contributed by atoms with van der Waals surface area (Å²) in [4.78, 5) is 9.95. The van der Waals surface area contributed by atoms with Gasteiger partial charge in [0.05, 0.1) is 0 Å². The van der Waals surface area contributed by atoms with Crippen LogP contribution in [0, 0.1) is 0 Å². The van der Waals surface area contributed by atoms with Crippen LogP contribution in [0.25, 0.3) is 0 Å². The molecular weight excluding hydrogens is 332 g/mol. The van der Waals surface area contributed by atoms with E-state index in [-0.39, 0.29) is 86.4 Å². The molecule has 0 saturated heterocycles. The van der Waals surface area contributed by atoms with Gasteiger partial charge in [0.15, 0.2) is 0 Å². The average Bonchev–Trinajstić information content (AvgIpc) is 1.49. The summed E-state index contributed by atoms with van der Waals surface area (Å²) in [5, 5.41) is 0. The van der Waals surface area contributed by atoms with E-state index >= 15 is 0 Å². The number of rotatable bonds is 2. The van der Waals surface area contributed by atoms with E-state index in [4.69, 9.17) is 9.11 Å². The molecule has 0 amide bonds. The van der Waals surface area contributed by atoms with Crippen LogP contribution < -0.4 is 0 Å². The fraction of sp³-hybridized carbons (Fsp3) is 0. The Morgan fingerprint density at radius 1 is 0.812 bits per heavy atom. The topological polar surface area (TPSA) is 207 Å². The molecule has 0 bridgehead atoms. The van der Waals surface area contributed by atoms with Gasteiger partial charge in [-0.1, -0.05) is 0 Å². The van der Waals surface area contributed by atoms with Gasteiger partial charge >= 0.3 is 102 Å². The first-order valence-corrected chi connectivity index (χ1v) is 4.71. The van der Waals surface area contributed by atoms with Crippen molar-refractivity contribution >= 4 is 102 Å². The second-order valence-corrected chi connectivity index (χ2v) is 3.32. The van der Waals surface area contributed by atoms with Crippen molar-refractivity contribution in [2.24, 2.45) is 0 Å². The van der Waals surface area contributed by atoms with Crippen molar-refractivity contribution in [1.29, 1.82) is 0 Å². The van der Waals surface area contributed by atoms with Gasteiger partial charge in [-0.15, -0.1) is 0 Å². The Morgan fingerprint density at radius 3 is 1.12 bits per heavy atom. The summed E-state index contributed by atoms with van der Waals surface area (Å²) in [6, 6.07) is 0. The molecule has 0 aromatic rings. The molecule has 16 heavy (non-hydrogen) atoms. The van der Waals surface area contributed by atoms with Gasteiger partial charge < -0.3 is 11.0 Å². The van der Waals surface area contributed by atoms with Crippen LogP contribution >= 0.6 is 0 Å². The van der Waals surface area contributed by atoms with Crippen molar-refractivity contribution in [3.05, 3.63) is 0 Å². The van der Waals surface area contributed by atoms with E-state index in [1.165, 1.54) is 0 Å². The van der Waals surface area contributed by atoms with Gasteiger partial charge in [-0.3, -0.25) is 17.5 Å². The van der Waals surface area contributed by atoms with E-state index in [0.29, 0.717) is 0 Å². The molecule has 0 aliphatic carbocycles. The Bertz CT molecular complexity index is 329. The van der Waals surface area contributed by atoms with E-state index in [0.717, 1.165) is 0 Å². The summed E-state index contributed by atoms with van der Waals surface area (Å²) in [7, 11) is -10.3. The van der Waals surface area contributed by atoms with Gasteiger partial charge in [0.1, 0.15) is 0 Å². The second-order valence-electron chi connectivity index (χ2n) is 1.27. The molecule has 0 spiro atoms. The van der Waals surface area contributed by atoms with E-state index < -0.39 is 27.0 Å². The maximum atomic E-state index is 9.95. The van der Waals surface area contributed by atoms with Gasteiger partial charge in [0, 0.05) is 0 Å². The fourth-order valence-electron chi connectivity index (χ4n) is 0.186. The van der Waals surface area contributed by atoms with Crippen LogP contribution in [0.4, 0.5) is 4.79 Å². The Kier molecular flexibility index (Phi) is 22.1. The molecule has 0 atom stereocenters. The van der Waals surface area contributed by atoms with E-state index in [1.807, 2.05) is 0 Å². The van der Waals surface area contributed by atoms with Crippen LogP contribution in [-0.2, 0) is 29.2 Å². The maximum absolute atomic E-state index is 9.95. The molecule has 0 aliphatic heterocycles. The zero-order valence-corrected chi connectivity index (χ0v) is 7.70. The molecule has 0 aliphatic rings. The average molecular weight is 342 g/mol. The van der Waals surface area contributed by atoms with Gasteiger partial charge in [-0.2, -0.15) is 16.8 Å². The summed E-state index contributed by atoms with van der Waals surface area (Å²) < 4.78 is 60.1. The Hall–Kier alpha value is 1.53. The van der Waals surface area contributed by atoms with Gasteiger partial charge in [0.25, 0.3) is 0 Å². The molecule has 96 valence electrons. The Labute approximate surface area is 150 Å². The minimum atomic E-state index is -5.15. The van der Waals surface area contributed by atoms with Crippen molar-refractivity contribution < 1.29 is 50.1 Å². The van der Waals surface area contributed by atoms with Gasteiger partial charge in [-0.05, 0) is 0 Å². The SMILES string of the molecule is O.O.O=C(OS(=O)(=O)O)OS(=O)(=O)O.[CaH2].[CaH2]. The summed E-state index contributed by atoms with van der Waals surface area (Å²) in [5.41, 5.74) is 0. The van der Waals surface area contributed by atoms with Crippen LogP contribution in [0.15, 0.2) is 0 Å². The van der Waals surface area contributed by atoms with Crippen LogP contribution in [0.5, 0.6) is 0 Å². The van der Waals surface area contributed by atoms with Crippen LogP contribution in [-0.4, -0.2) is 119 Å². The van der Waals surface area contributed by atoms with Crippen molar-refractivity contribution in [1.82, 2.24) is 0 Å². The summed E-state index contributed by atoms with van der Waals surface area (Å²) in [6.07, 6.45) is -2.29. The third-order valence-electron chi connectivity index (χ3n) is 0.347. The summed E-state index contributed by atoms with van der Waals surface area (Å²) >= 11 is 0. The number of carbonyl (C=O) groups excluding carboxylic acids is 1. The zero-order valence-electron chi connectivity index (χ0n) is 6.07.